The van der Waals surface area contributed by atoms with Crippen LogP contribution in [-0.2, 0) is 9.59 Å². The Bertz CT molecular complexity index is 337. The van der Waals surface area contributed by atoms with Gasteiger partial charge in [0, 0.05) is 26.1 Å². The second kappa shape index (κ2) is 5.26. The molecule has 0 spiro atoms. The standard InChI is InChI=1S/C13H23N3O2/c1-10(17)15-11-5-4-8-16(9-11)12(18)13(14)6-2-3-7-13/h11H,2-9,14H2,1H3,(H,15,17)/t11-/m1/s1. The summed E-state index contributed by atoms with van der Waals surface area (Å²) in [6, 6.07) is 0.0882. The molecule has 0 bridgehead atoms. The maximum atomic E-state index is 12.4. The van der Waals surface area contributed by atoms with Crippen LogP contribution in [-0.4, -0.2) is 41.4 Å². The number of hydrogen-bond donors (Lipinski definition) is 2. The number of piperidine rings is 1. The van der Waals surface area contributed by atoms with E-state index in [1.807, 2.05) is 4.90 Å². The van der Waals surface area contributed by atoms with Crippen LogP contribution in [0.5, 0.6) is 0 Å². The number of carbonyl (C=O) groups is 2. The molecule has 0 aromatic rings. The van der Waals surface area contributed by atoms with E-state index in [0.29, 0.717) is 6.54 Å². The Morgan fingerprint density at radius 2 is 1.94 bits per heavy atom. The molecule has 1 aliphatic heterocycles. The molecule has 0 aromatic carbocycles. The largest absolute Gasteiger partial charge is 0.352 e. The van der Waals surface area contributed by atoms with E-state index in [-0.39, 0.29) is 17.9 Å². The third-order valence-corrected chi connectivity index (χ3v) is 4.04. The lowest BCUT2D eigenvalue weighted by atomic mass is 9.95. The summed E-state index contributed by atoms with van der Waals surface area (Å²) in [6.07, 6.45) is 5.57. The predicted molar refractivity (Wildman–Crippen MR) is 68.8 cm³/mol. The minimum absolute atomic E-state index is 0.0300. The molecule has 1 aliphatic carbocycles. The van der Waals surface area contributed by atoms with Crippen LogP contribution >= 0.6 is 0 Å². The molecule has 0 radical (unpaired) electrons. The van der Waals surface area contributed by atoms with Gasteiger partial charge in [0.05, 0.1) is 5.54 Å². The van der Waals surface area contributed by atoms with Crippen LogP contribution in [0.4, 0.5) is 0 Å². The lowest BCUT2D eigenvalue weighted by Crippen LogP contribution is -2.58. The van der Waals surface area contributed by atoms with Crippen molar-refractivity contribution in [3.8, 4) is 0 Å². The van der Waals surface area contributed by atoms with E-state index in [2.05, 4.69) is 5.32 Å². The van der Waals surface area contributed by atoms with Gasteiger partial charge in [0.25, 0.3) is 0 Å². The molecule has 5 heteroatoms. The van der Waals surface area contributed by atoms with Crippen LogP contribution in [0.25, 0.3) is 0 Å². The highest BCUT2D eigenvalue weighted by Crippen LogP contribution is 2.29. The van der Waals surface area contributed by atoms with Crippen molar-refractivity contribution in [2.24, 2.45) is 5.73 Å². The molecule has 1 saturated carbocycles. The van der Waals surface area contributed by atoms with Gasteiger partial charge in [0.2, 0.25) is 11.8 Å². The summed E-state index contributed by atoms with van der Waals surface area (Å²) in [5.41, 5.74) is 5.56. The SMILES string of the molecule is CC(=O)N[C@@H]1CCCN(C(=O)C2(N)CCCC2)C1. The van der Waals surface area contributed by atoms with E-state index in [0.717, 1.165) is 45.1 Å². The average Bonchev–Trinajstić information content (AvgIpc) is 2.76. The summed E-state index contributed by atoms with van der Waals surface area (Å²) >= 11 is 0. The Morgan fingerprint density at radius 1 is 1.28 bits per heavy atom. The van der Waals surface area contributed by atoms with Gasteiger partial charge in [0.15, 0.2) is 0 Å². The maximum Gasteiger partial charge on any atom is 0.242 e. The fourth-order valence-corrected chi connectivity index (χ4v) is 3.10. The van der Waals surface area contributed by atoms with Gasteiger partial charge < -0.3 is 16.0 Å². The highest BCUT2D eigenvalue weighted by Gasteiger charge is 2.40. The normalized spacial score (nSPS) is 27.0. The minimum atomic E-state index is -0.641. The second-order valence-electron chi connectivity index (χ2n) is 5.65. The summed E-state index contributed by atoms with van der Waals surface area (Å²) in [7, 11) is 0. The Balaban J connectivity index is 1.95. The molecule has 1 atom stereocenters. The Hall–Kier alpha value is -1.10. The first-order valence-electron chi connectivity index (χ1n) is 6.87. The Morgan fingerprint density at radius 3 is 2.56 bits per heavy atom. The van der Waals surface area contributed by atoms with Crippen molar-refractivity contribution in [2.75, 3.05) is 13.1 Å². The third-order valence-electron chi connectivity index (χ3n) is 4.04. The van der Waals surface area contributed by atoms with Crippen molar-refractivity contribution in [1.29, 1.82) is 0 Å². The molecule has 2 amide bonds. The lowest BCUT2D eigenvalue weighted by molar-refractivity contribution is -0.138. The van der Waals surface area contributed by atoms with Gasteiger partial charge in [-0.05, 0) is 25.7 Å². The fraction of sp³-hybridized carbons (Fsp3) is 0.846. The number of nitrogens with zero attached hydrogens (tertiary/aromatic N) is 1. The minimum Gasteiger partial charge on any atom is -0.352 e. The molecule has 0 unspecified atom stereocenters. The first-order chi connectivity index (χ1) is 8.51. The van der Waals surface area contributed by atoms with Crippen LogP contribution < -0.4 is 11.1 Å². The van der Waals surface area contributed by atoms with E-state index in [1.165, 1.54) is 6.92 Å². The van der Waals surface area contributed by atoms with E-state index in [9.17, 15) is 9.59 Å². The van der Waals surface area contributed by atoms with Gasteiger partial charge in [-0.15, -0.1) is 0 Å². The first-order valence-corrected chi connectivity index (χ1v) is 6.87. The van der Waals surface area contributed by atoms with Gasteiger partial charge in [-0.25, -0.2) is 0 Å². The average molecular weight is 253 g/mol. The molecular weight excluding hydrogens is 230 g/mol. The summed E-state index contributed by atoms with van der Waals surface area (Å²) in [5, 5.41) is 2.90. The van der Waals surface area contributed by atoms with Gasteiger partial charge >= 0.3 is 0 Å². The van der Waals surface area contributed by atoms with Crippen LogP contribution in [0.3, 0.4) is 0 Å². The van der Waals surface area contributed by atoms with Crippen LogP contribution in [0.1, 0.15) is 45.4 Å². The lowest BCUT2D eigenvalue weighted by Gasteiger charge is -2.37. The molecule has 1 heterocycles. The monoisotopic (exact) mass is 253 g/mol. The van der Waals surface area contributed by atoms with E-state index in [1.54, 1.807) is 0 Å². The summed E-state index contributed by atoms with van der Waals surface area (Å²) in [5.74, 6) is 0.0488. The molecule has 0 aromatic heterocycles. The Kier molecular flexibility index (Phi) is 3.90. The van der Waals surface area contributed by atoms with Crippen LogP contribution in [0, 0.1) is 0 Å². The zero-order valence-corrected chi connectivity index (χ0v) is 11.1. The smallest absolute Gasteiger partial charge is 0.242 e. The fourth-order valence-electron chi connectivity index (χ4n) is 3.10. The molecule has 2 fully saturated rings. The predicted octanol–water partition coefficient (Wildman–Crippen LogP) is 0.385. The highest BCUT2D eigenvalue weighted by molar-refractivity contribution is 5.86. The van der Waals surface area contributed by atoms with Crippen molar-refractivity contribution in [2.45, 2.75) is 57.0 Å². The zero-order chi connectivity index (χ0) is 13.2. The number of amides is 2. The molecule has 5 nitrogen and oxygen atoms in total. The van der Waals surface area contributed by atoms with E-state index >= 15 is 0 Å². The van der Waals surface area contributed by atoms with Gasteiger partial charge in [-0.2, -0.15) is 0 Å². The van der Waals surface area contributed by atoms with Crippen molar-refractivity contribution in [1.82, 2.24) is 10.2 Å². The number of hydrogen-bond acceptors (Lipinski definition) is 3. The molecular formula is C13H23N3O2. The first kappa shape index (κ1) is 13.3. The van der Waals surface area contributed by atoms with Crippen molar-refractivity contribution in [3.05, 3.63) is 0 Å². The molecule has 3 N–H and O–H groups in total. The summed E-state index contributed by atoms with van der Waals surface area (Å²) in [4.78, 5) is 25.4. The quantitative estimate of drug-likeness (QED) is 0.747. The maximum absolute atomic E-state index is 12.4. The number of rotatable bonds is 2. The van der Waals surface area contributed by atoms with Gasteiger partial charge in [-0.1, -0.05) is 12.8 Å². The number of nitrogens with two attached hydrogens (primary N) is 1. The van der Waals surface area contributed by atoms with E-state index < -0.39 is 5.54 Å². The summed E-state index contributed by atoms with van der Waals surface area (Å²) < 4.78 is 0. The van der Waals surface area contributed by atoms with E-state index in [4.69, 9.17) is 5.73 Å². The second-order valence-corrected chi connectivity index (χ2v) is 5.65. The van der Waals surface area contributed by atoms with Crippen molar-refractivity contribution in [3.63, 3.8) is 0 Å². The topological polar surface area (TPSA) is 75.4 Å². The van der Waals surface area contributed by atoms with Crippen molar-refractivity contribution < 1.29 is 9.59 Å². The van der Waals surface area contributed by atoms with Crippen molar-refractivity contribution >= 4 is 11.8 Å². The number of nitrogens with one attached hydrogen (secondary N) is 1. The zero-order valence-electron chi connectivity index (χ0n) is 11.1. The number of likely N-dealkylation sites (tertiary alicyclic amines) is 1. The number of carbonyl (C=O) groups excluding carboxylic acids is 2. The van der Waals surface area contributed by atoms with Gasteiger partial charge in [0.1, 0.15) is 0 Å². The molecule has 102 valence electrons. The molecule has 1 saturated heterocycles. The molecule has 2 aliphatic rings. The van der Waals surface area contributed by atoms with Gasteiger partial charge in [-0.3, -0.25) is 9.59 Å². The van der Waals surface area contributed by atoms with Crippen LogP contribution in [0.2, 0.25) is 0 Å². The summed E-state index contributed by atoms with van der Waals surface area (Å²) in [6.45, 7) is 2.90. The molecule has 2 rings (SSSR count). The molecule has 18 heavy (non-hydrogen) atoms. The third kappa shape index (κ3) is 2.83. The highest BCUT2D eigenvalue weighted by atomic mass is 16.2. The van der Waals surface area contributed by atoms with Crippen LogP contribution in [0.15, 0.2) is 0 Å². The Labute approximate surface area is 108 Å².